The van der Waals surface area contributed by atoms with E-state index in [0.29, 0.717) is 5.02 Å². The van der Waals surface area contributed by atoms with E-state index in [4.69, 9.17) is 17.3 Å². The predicted molar refractivity (Wildman–Crippen MR) is 77.0 cm³/mol. The second-order valence-electron chi connectivity index (χ2n) is 4.33. The lowest BCUT2D eigenvalue weighted by molar-refractivity contribution is 0.872. The molecule has 3 nitrogen and oxygen atoms in total. The molecule has 0 spiro atoms. The van der Waals surface area contributed by atoms with Gasteiger partial charge in [0, 0.05) is 17.4 Å². The topological polar surface area (TPSA) is 51.8 Å². The smallest absolute Gasteiger partial charge is 0.0890 e. The molecule has 3 aromatic rings. The fraction of sp³-hybridized carbons (Fsp3) is 0.0667. The first-order valence-corrected chi connectivity index (χ1v) is 6.33. The number of hydrogen-bond donors (Lipinski definition) is 1. The second-order valence-corrected chi connectivity index (χ2v) is 4.77. The number of fused-ring (bicyclic) bond motifs is 1. The lowest BCUT2D eigenvalue weighted by atomic mass is 9.99. The van der Waals surface area contributed by atoms with Crippen molar-refractivity contribution in [3.8, 4) is 0 Å². The molecule has 2 aromatic carbocycles. The quantitative estimate of drug-likeness (QED) is 0.776. The zero-order valence-electron chi connectivity index (χ0n) is 10.1. The van der Waals surface area contributed by atoms with Gasteiger partial charge in [-0.3, -0.25) is 9.97 Å². The van der Waals surface area contributed by atoms with Crippen molar-refractivity contribution < 1.29 is 0 Å². The van der Waals surface area contributed by atoms with Crippen LogP contribution in [0.25, 0.3) is 11.0 Å². The van der Waals surface area contributed by atoms with Crippen LogP contribution in [0.5, 0.6) is 0 Å². The van der Waals surface area contributed by atoms with Crippen LogP contribution in [0.1, 0.15) is 17.2 Å². The van der Waals surface area contributed by atoms with Gasteiger partial charge in [-0.15, -0.1) is 0 Å². The van der Waals surface area contributed by atoms with E-state index < -0.39 is 0 Å². The predicted octanol–water partition coefficient (Wildman–Crippen LogP) is 3.33. The molecule has 0 aliphatic heterocycles. The van der Waals surface area contributed by atoms with Crippen molar-refractivity contribution in [3.05, 3.63) is 71.0 Å². The second kappa shape index (κ2) is 4.96. The average Bonchev–Trinajstić information content (AvgIpc) is 2.47. The summed E-state index contributed by atoms with van der Waals surface area (Å²) < 4.78 is 0. The molecular weight excluding hydrogens is 258 g/mol. The van der Waals surface area contributed by atoms with Gasteiger partial charge in [0.05, 0.1) is 17.1 Å². The fourth-order valence-electron chi connectivity index (χ4n) is 2.04. The Kier molecular flexibility index (Phi) is 3.15. The van der Waals surface area contributed by atoms with Gasteiger partial charge in [0.1, 0.15) is 0 Å². The molecule has 0 radical (unpaired) electrons. The summed E-state index contributed by atoms with van der Waals surface area (Å²) in [5.74, 6) is 0. The van der Waals surface area contributed by atoms with Gasteiger partial charge >= 0.3 is 0 Å². The number of benzene rings is 2. The fourth-order valence-corrected chi connectivity index (χ4v) is 2.16. The maximum absolute atomic E-state index is 6.27. The van der Waals surface area contributed by atoms with E-state index in [1.54, 1.807) is 12.4 Å². The van der Waals surface area contributed by atoms with Crippen molar-refractivity contribution in [2.24, 2.45) is 5.73 Å². The molecule has 0 aliphatic carbocycles. The molecule has 1 heterocycles. The van der Waals surface area contributed by atoms with E-state index in [1.165, 1.54) is 0 Å². The molecule has 19 heavy (non-hydrogen) atoms. The van der Waals surface area contributed by atoms with Gasteiger partial charge in [-0.25, -0.2) is 0 Å². The Balaban J connectivity index is 2.01. The van der Waals surface area contributed by atoms with Crippen LogP contribution >= 0.6 is 11.6 Å². The highest BCUT2D eigenvalue weighted by atomic mass is 35.5. The minimum Gasteiger partial charge on any atom is -0.320 e. The zero-order chi connectivity index (χ0) is 13.2. The number of hydrogen-bond acceptors (Lipinski definition) is 3. The minimum atomic E-state index is -0.191. The van der Waals surface area contributed by atoms with Gasteiger partial charge in [-0.2, -0.15) is 0 Å². The van der Waals surface area contributed by atoms with E-state index in [0.717, 1.165) is 22.2 Å². The first kappa shape index (κ1) is 12.1. The lowest BCUT2D eigenvalue weighted by Crippen LogP contribution is -2.11. The highest BCUT2D eigenvalue weighted by molar-refractivity contribution is 6.30. The third kappa shape index (κ3) is 2.43. The van der Waals surface area contributed by atoms with Crippen LogP contribution in [0.4, 0.5) is 0 Å². The van der Waals surface area contributed by atoms with Crippen molar-refractivity contribution in [2.75, 3.05) is 0 Å². The van der Waals surface area contributed by atoms with E-state index in [9.17, 15) is 0 Å². The third-order valence-electron chi connectivity index (χ3n) is 3.08. The van der Waals surface area contributed by atoms with Crippen LogP contribution in [-0.4, -0.2) is 9.97 Å². The Bertz CT molecular complexity index is 710. The van der Waals surface area contributed by atoms with Gasteiger partial charge in [0.15, 0.2) is 0 Å². The molecule has 0 amide bonds. The van der Waals surface area contributed by atoms with Crippen molar-refractivity contribution in [2.45, 2.75) is 6.04 Å². The molecule has 0 bridgehead atoms. The molecule has 3 rings (SSSR count). The first-order valence-electron chi connectivity index (χ1n) is 5.96. The van der Waals surface area contributed by atoms with Crippen molar-refractivity contribution in [3.63, 3.8) is 0 Å². The molecule has 0 saturated carbocycles. The van der Waals surface area contributed by atoms with Crippen molar-refractivity contribution >= 4 is 22.6 Å². The van der Waals surface area contributed by atoms with Crippen LogP contribution in [0.15, 0.2) is 54.9 Å². The molecule has 0 saturated heterocycles. The number of nitrogens with two attached hydrogens (primary N) is 1. The Morgan fingerprint density at radius 1 is 0.842 bits per heavy atom. The Morgan fingerprint density at radius 3 is 2.21 bits per heavy atom. The largest absolute Gasteiger partial charge is 0.320 e. The molecule has 1 atom stereocenters. The molecule has 1 aromatic heterocycles. The maximum atomic E-state index is 6.27. The average molecular weight is 270 g/mol. The zero-order valence-corrected chi connectivity index (χ0v) is 10.9. The van der Waals surface area contributed by atoms with Crippen LogP contribution in [0.2, 0.25) is 5.02 Å². The summed E-state index contributed by atoms with van der Waals surface area (Å²) in [6, 6.07) is 13.3. The van der Waals surface area contributed by atoms with E-state index in [-0.39, 0.29) is 6.04 Å². The number of aromatic nitrogens is 2. The SMILES string of the molecule is NC(c1ccc(Cl)cc1)c1ccc2nccnc2c1. The summed E-state index contributed by atoms with van der Waals surface area (Å²) in [5.41, 5.74) is 10.0. The number of halogens is 1. The van der Waals surface area contributed by atoms with Crippen LogP contribution in [0, 0.1) is 0 Å². The Morgan fingerprint density at radius 2 is 1.47 bits per heavy atom. The van der Waals surface area contributed by atoms with Gasteiger partial charge in [-0.1, -0.05) is 29.8 Å². The van der Waals surface area contributed by atoms with Crippen molar-refractivity contribution in [1.29, 1.82) is 0 Å². The molecule has 4 heteroatoms. The third-order valence-corrected chi connectivity index (χ3v) is 3.33. The summed E-state index contributed by atoms with van der Waals surface area (Å²) in [6.07, 6.45) is 3.36. The first-order chi connectivity index (χ1) is 9.24. The minimum absolute atomic E-state index is 0.191. The van der Waals surface area contributed by atoms with Crippen LogP contribution in [0.3, 0.4) is 0 Å². The monoisotopic (exact) mass is 269 g/mol. The molecule has 2 N–H and O–H groups in total. The van der Waals surface area contributed by atoms with E-state index >= 15 is 0 Å². The normalized spacial score (nSPS) is 12.5. The van der Waals surface area contributed by atoms with Crippen molar-refractivity contribution in [1.82, 2.24) is 9.97 Å². The van der Waals surface area contributed by atoms with Gasteiger partial charge < -0.3 is 5.73 Å². The van der Waals surface area contributed by atoms with E-state index in [1.807, 2.05) is 42.5 Å². The lowest BCUT2D eigenvalue weighted by Gasteiger charge is -2.13. The molecule has 0 aliphatic rings. The summed E-state index contributed by atoms with van der Waals surface area (Å²) >= 11 is 5.88. The highest BCUT2D eigenvalue weighted by Crippen LogP contribution is 2.23. The summed E-state index contributed by atoms with van der Waals surface area (Å²) in [5, 5.41) is 0.709. The Hall–Kier alpha value is -1.97. The molecule has 1 unspecified atom stereocenters. The molecule has 94 valence electrons. The standard InChI is InChI=1S/C15H12ClN3/c16-12-4-1-10(2-5-12)15(17)11-3-6-13-14(9-11)19-8-7-18-13/h1-9,15H,17H2. The summed E-state index contributed by atoms with van der Waals surface area (Å²) in [4.78, 5) is 8.54. The molecular formula is C15H12ClN3. The summed E-state index contributed by atoms with van der Waals surface area (Å²) in [7, 11) is 0. The number of rotatable bonds is 2. The summed E-state index contributed by atoms with van der Waals surface area (Å²) in [6.45, 7) is 0. The van der Waals surface area contributed by atoms with Gasteiger partial charge in [0.25, 0.3) is 0 Å². The van der Waals surface area contributed by atoms with Gasteiger partial charge in [-0.05, 0) is 35.4 Å². The van der Waals surface area contributed by atoms with Crippen LogP contribution in [-0.2, 0) is 0 Å². The van der Waals surface area contributed by atoms with Gasteiger partial charge in [0.2, 0.25) is 0 Å². The Labute approximate surface area is 116 Å². The van der Waals surface area contributed by atoms with Crippen LogP contribution < -0.4 is 5.73 Å². The highest BCUT2D eigenvalue weighted by Gasteiger charge is 2.09. The maximum Gasteiger partial charge on any atom is 0.0890 e. The number of nitrogens with zero attached hydrogens (tertiary/aromatic N) is 2. The molecule has 0 fully saturated rings. The van der Waals surface area contributed by atoms with E-state index in [2.05, 4.69) is 9.97 Å².